The molecule has 0 amide bonds. The van der Waals surface area contributed by atoms with Gasteiger partial charge in [-0.15, -0.1) is 0 Å². The van der Waals surface area contributed by atoms with Crippen LogP contribution in [0, 0.1) is 12.8 Å². The second-order valence-electron chi connectivity index (χ2n) is 9.89. The molecule has 1 unspecified atom stereocenters. The first-order valence-corrected chi connectivity index (χ1v) is 13.3. The number of halogens is 1. The molecule has 3 atom stereocenters. The summed E-state index contributed by atoms with van der Waals surface area (Å²) in [5.74, 6) is -0.556. The van der Waals surface area contributed by atoms with E-state index < -0.39 is 17.8 Å². The van der Waals surface area contributed by atoms with Crippen LogP contribution in [0.3, 0.4) is 0 Å². The number of nitrogens with zero attached hydrogens (tertiary/aromatic N) is 1. The van der Waals surface area contributed by atoms with Gasteiger partial charge in [0.1, 0.15) is 24.7 Å². The smallest absolute Gasteiger partial charge is 0.336 e. The van der Waals surface area contributed by atoms with Gasteiger partial charge in [-0.2, -0.15) is 0 Å². The Morgan fingerprint density at radius 2 is 1.55 bits per heavy atom. The molecule has 0 bridgehead atoms. The van der Waals surface area contributed by atoms with Crippen LogP contribution in [-0.2, 0) is 14.3 Å². The van der Waals surface area contributed by atoms with E-state index in [4.69, 9.17) is 26.1 Å². The lowest BCUT2D eigenvalue weighted by atomic mass is 9.66. The van der Waals surface area contributed by atoms with Gasteiger partial charge in [-0.25, -0.2) is 4.79 Å². The molecule has 5 nitrogen and oxygen atoms in total. The van der Waals surface area contributed by atoms with Crippen molar-refractivity contribution in [2.24, 2.45) is 10.9 Å². The minimum Gasteiger partial charge on any atom is -0.490 e. The molecule has 1 aliphatic heterocycles. The molecular weight excluding hydrogens is 498 g/mol. The number of carbonyl (C=O) groups is 2. The third kappa shape index (κ3) is 5.58. The van der Waals surface area contributed by atoms with E-state index in [1.165, 1.54) is 0 Å². The number of Topliss-reactive ketones (excluding diaryl/α,β-unsaturated/α-hetero) is 1. The van der Waals surface area contributed by atoms with Crippen LogP contribution in [0.1, 0.15) is 48.3 Å². The van der Waals surface area contributed by atoms with Gasteiger partial charge in [-0.3, -0.25) is 9.79 Å². The summed E-state index contributed by atoms with van der Waals surface area (Å²) in [7, 11) is 0. The normalized spacial score (nSPS) is 21.0. The molecule has 0 N–H and O–H groups in total. The Morgan fingerprint density at radius 1 is 0.868 bits per heavy atom. The van der Waals surface area contributed by atoms with E-state index in [1.54, 1.807) is 0 Å². The van der Waals surface area contributed by atoms with Gasteiger partial charge in [0.2, 0.25) is 0 Å². The van der Waals surface area contributed by atoms with Gasteiger partial charge in [-0.05, 0) is 61.6 Å². The maximum Gasteiger partial charge on any atom is 0.336 e. The molecule has 0 aromatic heterocycles. The maximum absolute atomic E-state index is 13.7. The third-order valence-corrected chi connectivity index (χ3v) is 7.53. The van der Waals surface area contributed by atoms with Crippen molar-refractivity contribution in [2.75, 3.05) is 13.2 Å². The second kappa shape index (κ2) is 11.4. The fourth-order valence-electron chi connectivity index (χ4n) is 5.43. The van der Waals surface area contributed by atoms with E-state index in [0.717, 1.165) is 22.4 Å². The van der Waals surface area contributed by atoms with Crippen molar-refractivity contribution in [2.45, 2.75) is 38.5 Å². The number of aliphatic imine (C=N–C) groups is 1. The number of esters is 1. The predicted octanol–water partition coefficient (Wildman–Crippen LogP) is 6.85. The number of rotatable bonds is 7. The molecule has 38 heavy (non-hydrogen) atoms. The first kappa shape index (κ1) is 25.9. The summed E-state index contributed by atoms with van der Waals surface area (Å²) in [6, 6.07) is 25.1. The van der Waals surface area contributed by atoms with Gasteiger partial charge in [0.05, 0.1) is 11.5 Å². The quantitative estimate of drug-likeness (QED) is 0.249. The van der Waals surface area contributed by atoms with E-state index in [9.17, 15) is 9.59 Å². The topological polar surface area (TPSA) is 65.0 Å². The summed E-state index contributed by atoms with van der Waals surface area (Å²) >= 11 is 6.08. The van der Waals surface area contributed by atoms with Crippen LogP contribution in [0.15, 0.2) is 95.1 Å². The SMILES string of the molecule is CC1=C(C(=O)OCCOc2ccccc2)[C@H](c2ccc(C)cc2)C2C(=O)C[C@H](c3ccc(Cl)cc3)CC2=N1. The monoisotopic (exact) mass is 527 g/mol. The van der Waals surface area contributed by atoms with Crippen molar-refractivity contribution >= 4 is 29.1 Å². The lowest BCUT2D eigenvalue weighted by Crippen LogP contribution is -2.41. The van der Waals surface area contributed by atoms with Gasteiger partial charge in [0, 0.05) is 28.8 Å². The zero-order valence-corrected chi connectivity index (χ0v) is 22.3. The van der Waals surface area contributed by atoms with Crippen LogP contribution in [0.25, 0.3) is 0 Å². The Bertz CT molecular complexity index is 1380. The number of hydrogen-bond acceptors (Lipinski definition) is 5. The minimum atomic E-state index is -0.493. The molecule has 0 saturated heterocycles. The molecule has 3 aromatic carbocycles. The average Bonchev–Trinajstić information content (AvgIpc) is 2.91. The Balaban J connectivity index is 1.42. The van der Waals surface area contributed by atoms with Crippen molar-refractivity contribution in [3.05, 3.63) is 112 Å². The molecule has 0 spiro atoms. The van der Waals surface area contributed by atoms with Crippen molar-refractivity contribution in [3.8, 4) is 5.75 Å². The van der Waals surface area contributed by atoms with Crippen LogP contribution in [0.4, 0.5) is 0 Å². The lowest BCUT2D eigenvalue weighted by Gasteiger charge is -2.38. The van der Waals surface area contributed by atoms with E-state index in [-0.39, 0.29) is 24.9 Å². The molecule has 0 radical (unpaired) electrons. The van der Waals surface area contributed by atoms with Gasteiger partial charge in [-0.1, -0.05) is 71.8 Å². The van der Waals surface area contributed by atoms with E-state index in [0.29, 0.717) is 34.9 Å². The first-order chi connectivity index (χ1) is 18.4. The van der Waals surface area contributed by atoms with E-state index in [1.807, 2.05) is 92.7 Å². The van der Waals surface area contributed by atoms with Crippen molar-refractivity contribution in [1.29, 1.82) is 0 Å². The highest BCUT2D eigenvalue weighted by molar-refractivity contribution is 6.30. The number of fused-ring (bicyclic) bond motifs is 1. The molecule has 3 aromatic rings. The Hall–Kier alpha value is -3.70. The first-order valence-electron chi connectivity index (χ1n) is 12.9. The van der Waals surface area contributed by atoms with Gasteiger partial charge in [0.15, 0.2) is 0 Å². The highest BCUT2D eigenvalue weighted by Gasteiger charge is 2.46. The Kier molecular flexibility index (Phi) is 7.75. The van der Waals surface area contributed by atoms with Crippen molar-refractivity contribution < 1.29 is 19.1 Å². The summed E-state index contributed by atoms with van der Waals surface area (Å²) in [6.07, 6.45) is 1.05. The Morgan fingerprint density at radius 3 is 2.26 bits per heavy atom. The standard InChI is InChI=1S/C32H30ClNO4/c1-20-8-10-23(11-9-20)30-29(32(36)38-17-16-37-26-6-4-3-5-7-26)21(2)34-27-18-24(19-28(35)31(27)30)22-12-14-25(33)15-13-22/h3-15,24,30-31H,16-19H2,1-2H3/t24-,30+,31?/m1/s1. The molecular formula is C32H30ClNO4. The van der Waals surface area contributed by atoms with Crippen LogP contribution in [-0.4, -0.2) is 30.7 Å². The van der Waals surface area contributed by atoms with Crippen LogP contribution >= 0.6 is 11.6 Å². The highest BCUT2D eigenvalue weighted by atomic mass is 35.5. The largest absolute Gasteiger partial charge is 0.490 e. The number of aryl methyl sites for hydroxylation is 1. The number of ether oxygens (including phenoxy) is 2. The van der Waals surface area contributed by atoms with Gasteiger partial charge in [0.25, 0.3) is 0 Å². The number of hydrogen-bond donors (Lipinski definition) is 0. The van der Waals surface area contributed by atoms with E-state index in [2.05, 4.69) is 0 Å². The van der Waals surface area contributed by atoms with Crippen LogP contribution < -0.4 is 4.74 Å². The number of para-hydroxylation sites is 1. The molecule has 5 rings (SSSR count). The second-order valence-corrected chi connectivity index (χ2v) is 10.3. The van der Waals surface area contributed by atoms with Gasteiger partial charge >= 0.3 is 5.97 Å². The molecule has 1 saturated carbocycles. The maximum atomic E-state index is 13.7. The Labute approximate surface area is 228 Å². The van der Waals surface area contributed by atoms with Gasteiger partial charge < -0.3 is 9.47 Å². The summed E-state index contributed by atoms with van der Waals surface area (Å²) in [5, 5.41) is 0.666. The molecule has 194 valence electrons. The minimum absolute atomic E-state index is 0.0323. The number of allylic oxidation sites excluding steroid dienone is 1. The number of benzene rings is 3. The van der Waals surface area contributed by atoms with Crippen molar-refractivity contribution in [3.63, 3.8) is 0 Å². The number of carbonyl (C=O) groups excluding carboxylic acids is 2. The fourth-order valence-corrected chi connectivity index (χ4v) is 5.56. The average molecular weight is 528 g/mol. The lowest BCUT2D eigenvalue weighted by molar-refractivity contribution is -0.140. The van der Waals surface area contributed by atoms with Crippen LogP contribution in [0.5, 0.6) is 5.75 Å². The summed E-state index contributed by atoms with van der Waals surface area (Å²) in [6.45, 7) is 4.18. The summed E-state index contributed by atoms with van der Waals surface area (Å²) in [4.78, 5) is 32.0. The fraction of sp³-hybridized carbons (Fsp3) is 0.281. The zero-order chi connectivity index (χ0) is 26.6. The van der Waals surface area contributed by atoms with E-state index >= 15 is 0 Å². The molecule has 1 heterocycles. The molecule has 1 fully saturated rings. The number of ketones is 1. The molecule has 1 aliphatic carbocycles. The van der Waals surface area contributed by atoms with Crippen LogP contribution in [0.2, 0.25) is 5.02 Å². The summed E-state index contributed by atoms with van der Waals surface area (Å²) < 4.78 is 11.3. The summed E-state index contributed by atoms with van der Waals surface area (Å²) in [5.41, 5.74) is 4.97. The van der Waals surface area contributed by atoms with Crippen molar-refractivity contribution in [1.82, 2.24) is 0 Å². The molecule has 6 heteroatoms. The highest BCUT2D eigenvalue weighted by Crippen LogP contribution is 2.46. The third-order valence-electron chi connectivity index (χ3n) is 7.28. The zero-order valence-electron chi connectivity index (χ0n) is 21.5. The molecule has 2 aliphatic rings. The predicted molar refractivity (Wildman–Crippen MR) is 149 cm³/mol.